The number of nitrogens with one attached hydrogen (secondary N) is 2. The lowest BCUT2D eigenvalue weighted by Crippen LogP contribution is -2.25. The number of imidazole rings is 1. The summed E-state index contributed by atoms with van der Waals surface area (Å²) < 4.78 is 0. The van der Waals surface area contributed by atoms with Gasteiger partial charge >= 0.3 is 0 Å². The molecule has 0 saturated carbocycles. The molecule has 106 valence electrons. The second-order valence-corrected chi connectivity index (χ2v) is 5.26. The maximum atomic E-state index is 11.7. The average molecular weight is 312 g/mol. The monoisotopic (exact) mass is 311 g/mol. The van der Waals surface area contributed by atoms with Gasteiger partial charge in [-0.25, -0.2) is 4.98 Å². The number of benzene rings is 1. The Hall–Kier alpha value is -1.52. The number of nitrogens with zero attached hydrogens (tertiary/aromatic N) is 1. The average Bonchev–Trinajstić information content (AvgIpc) is 2.92. The highest BCUT2D eigenvalue weighted by molar-refractivity contribution is 6.35. The third kappa shape index (κ3) is 4.54. The molecule has 1 amide bonds. The van der Waals surface area contributed by atoms with Gasteiger partial charge < -0.3 is 10.3 Å². The minimum absolute atomic E-state index is 0.0182. The van der Waals surface area contributed by atoms with Crippen LogP contribution in [0.4, 0.5) is 0 Å². The van der Waals surface area contributed by atoms with E-state index in [9.17, 15) is 4.79 Å². The molecule has 1 aromatic heterocycles. The number of aromatic nitrogens is 2. The van der Waals surface area contributed by atoms with Crippen LogP contribution in [0.15, 0.2) is 30.7 Å². The minimum atomic E-state index is 0.0182. The lowest BCUT2D eigenvalue weighted by molar-refractivity contribution is -0.121. The number of rotatable bonds is 6. The molecule has 2 aromatic rings. The fraction of sp³-hybridized carbons (Fsp3) is 0.286. The molecular weight excluding hydrogens is 297 g/mol. The van der Waals surface area contributed by atoms with Gasteiger partial charge in [0, 0.05) is 34.9 Å². The van der Waals surface area contributed by atoms with Crippen molar-refractivity contribution in [3.8, 4) is 0 Å². The van der Waals surface area contributed by atoms with E-state index in [0.29, 0.717) is 35.9 Å². The summed E-state index contributed by atoms with van der Waals surface area (Å²) in [6, 6.07) is 5.38. The molecule has 4 nitrogen and oxygen atoms in total. The van der Waals surface area contributed by atoms with Crippen molar-refractivity contribution < 1.29 is 4.79 Å². The van der Waals surface area contributed by atoms with Gasteiger partial charge in [0.05, 0.1) is 6.33 Å². The smallest absolute Gasteiger partial charge is 0.220 e. The Bertz CT molecular complexity index is 570. The second-order valence-electron chi connectivity index (χ2n) is 4.41. The molecule has 1 heterocycles. The number of carbonyl (C=O) groups excluding carboxylic acids is 1. The first-order valence-electron chi connectivity index (χ1n) is 6.33. The lowest BCUT2D eigenvalue weighted by atomic mass is 10.1. The van der Waals surface area contributed by atoms with Crippen LogP contribution in [-0.4, -0.2) is 22.4 Å². The SMILES string of the molecule is O=C(CCc1cnc[nH]1)NCCc1ccc(Cl)cc1Cl. The molecule has 0 fully saturated rings. The molecule has 0 aliphatic rings. The zero-order chi connectivity index (χ0) is 14.4. The highest BCUT2D eigenvalue weighted by Gasteiger charge is 2.04. The van der Waals surface area contributed by atoms with E-state index in [1.165, 1.54) is 0 Å². The van der Waals surface area contributed by atoms with E-state index in [1.807, 2.05) is 6.07 Å². The van der Waals surface area contributed by atoms with E-state index in [1.54, 1.807) is 24.7 Å². The van der Waals surface area contributed by atoms with E-state index in [4.69, 9.17) is 23.2 Å². The van der Waals surface area contributed by atoms with Crippen molar-refractivity contribution in [2.75, 3.05) is 6.54 Å². The molecule has 2 N–H and O–H groups in total. The van der Waals surface area contributed by atoms with Crippen molar-refractivity contribution in [1.29, 1.82) is 0 Å². The van der Waals surface area contributed by atoms with Crippen LogP contribution < -0.4 is 5.32 Å². The highest BCUT2D eigenvalue weighted by Crippen LogP contribution is 2.20. The second kappa shape index (κ2) is 7.31. The van der Waals surface area contributed by atoms with Gasteiger partial charge in [-0.1, -0.05) is 29.3 Å². The van der Waals surface area contributed by atoms with Gasteiger partial charge in [-0.15, -0.1) is 0 Å². The van der Waals surface area contributed by atoms with E-state index in [2.05, 4.69) is 15.3 Å². The molecule has 6 heteroatoms. The summed E-state index contributed by atoms with van der Waals surface area (Å²) in [6.45, 7) is 0.559. The van der Waals surface area contributed by atoms with Gasteiger partial charge in [0.1, 0.15) is 0 Å². The van der Waals surface area contributed by atoms with Crippen LogP contribution in [0.1, 0.15) is 17.7 Å². The molecule has 20 heavy (non-hydrogen) atoms. The van der Waals surface area contributed by atoms with Gasteiger partial charge in [0.2, 0.25) is 5.91 Å². The van der Waals surface area contributed by atoms with E-state index in [-0.39, 0.29) is 5.91 Å². The van der Waals surface area contributed by atoms with Crippen LogP contribution >= 0.6 is 23.2 Å². The Morgan fingerprint density at radius 2 is 2.15 bits per heavy atom. The zero-order valence-corrected chi connectivity index (χ0v) is 12.3. The van der Waals surface area contributed by atoms with Crippen LogP contribution in [-0.2, 0) is 17.6 Å². The van der Waals surface area contributed by atoms with Crippen LogP contribution in [0, 0.1) is 0 Å². The van der Waals surface area contributed by atoms with E-state index >= 15 is 0 Å². The van der Waals surface area contributed by atoms with E-state index < -0.39 is 0 Å². The molecule has 0 atom stereocenters. The molecule has 2 rings (SSSR count). The fourth-order valence-corrected chi connectivity index (χ4v) is 2.32. The number of H-pyrrole nitrogens is 1. The normalized spacial score (nSPS) is 10.5. The highest BCUT2D eigenvalue weighted by atomic mass is 35.5. The third-order valence-corrected chi connectivity index (χ3v) is 3.49. The molecule has 0 radical (unpaired) electrons. The Morgan fingerprint density at radius 3 is 2.85 bits per heavy atom. The largest absolute Gasteiger partial charge is 0.356 e. The molecule has 0 aliphatic heterocycles. The van der Waals surface area contributed by atoms with Crippen LogP contribution in [0.3, 0.4) is 0 Å². The molecule has 1 aromatic carbocycles. The zero-order valence-electron chi connectivity index (χ0n) is 10.8. The number of aromatic amines is 1. The summed E-state index contributed by atoms with van der Waals surface area (Å²) in [6.07, 6.45) is 5.12. The predicted octanol–water partition coefficient (Wildman–Crippen LogP) is 3.01. The Labute approximate surface area is 127 Å². The van der Waals surface area contributed by atoms with Crippen molar-refractivity contribution in [2.45, 2.75) is 19.3 Å². The summed E-state index contributed by atoms with van der Waals surface area (Å²) >= 11 is 11.9. The molecular formula is C14H15Cl2N3O. The summed E-state index contributed by atoms with van der Waals surface area (Å²) in [5.74, 6) is 0.0182. The first kappa shape index (κ1) is 14.9. The van der Waals surface area contributed by atoms with E-state index in [0.717, 1.165) is 11.3 Å². The number of carbonyl (C=O) groups is 1. The number of halogens is 2. The van der Waals surface area contributed by atoms with Crippen molar-refractivity contribution in [1.82, 2.24) is 15.3 Å². The first-order valence-corrected chi connectivity index (χ1v) is 7.08. The number of aryl methyl sites for hydroxylation is 1. The Balaban J connectivity index is 1.71. The third-order valence-electron chi connectivity index (χ3n) is 2.91. The number of hydrogen-bond acceptors (Lipinski definition) is 2. The molecule has 0 saturated heterocycles. The first-order chi connectivity index (χ1) is 9.65. The maximum absolute atomic E-state index is 11.7. The fourth-order valence-electron chi connectivity index (χ4n) is 1.82. The molecule has 0 spiro atoms. The van der Waals surface area contributed by atoms with Gasteiger partial charge in [-0.05, 0) is 30.5 Å². The summed E-state index contributed by atoms with van der Waals surface area (Å²) in [7, 11) is 0. The van der Waals surface area contributed by atoms with Gasteiger partial charge in [0.15, 0.2) is 0 Å². The molecule has 0 aliphatic carbocycles. The molecule has 0 bridgehead atoms. The summed E-state index contributed by atoms with van der Waals surface area (Å²) in [4.78, 5) is 18.5. The minimum Gasteiger partial charge on any atom is -0.356 e. The van der Waals surface area contributed by atoms with Gasteiger partial charge in [0.25, 0.3) is 0 Å². The van der Waals surface area contributed by atoms with Crippen LogP contribution in [0.25, 0.3) is 0 Å². The summed E-state index contributed by atoms with van der Waals surface area (Å²) in [5.41, 5.74) is 1.94. The number of hydrogen-bond donors (Lipinski definition) is 2. The quantitative estimate of drug-likeness (QED) is 0.861. The van der Waals surface area contributed by atoms with Crippen molar-refractivity contribution in [3.05, 3.63) is 52.0 Å². The summed E-state index contributed by atoms with van der Waals surface area (Å²) in [5, 5.41) is 4.11. The predicted molar refractivity (Wildman–Crippen MR) is 80.1 cm³/mol. The van der Waals surface area contributed by atoms with Gasteiger partial charge in [-0.2, -0.15) is 0 Å². The van der Waals surface area contributed by atoms with Crippen molar-refractivity contribution >= 4 is 29.1 Å². The van der Waals surface area contributed by atoms with Crippen LogP contribution in [0.5, 0.6) is 0 Å². The van der Waals surface area contributed by atoms with Crippen molar-refractivity contribution in [2.24, 2.45) is 0 Å². The maximum Gasteiger partial charge on any atom is 0.220 e. The Morgan fingerprint density at radius 1 is 1.30 bits per heavy atom. The number of amides is 1. The van der Waals surface area contributed by atoms with Crippen LogP contribution in [0.2, 0.25) is 10.0 Å². The van der Waals surface area contributed by atoms with Gasteiger partial charge in [-0.3, -0.25) is 4.79 Å². The standard InChI is InChI=1S/C14H15Cl2N3O/c15-11-2-1-10(13(16)7-11)5-6-18-14(20)4-3-12-8-17-9-19-12/h1-2,7-9H,3-6H2,(H,17,19)(H,18,20). The lowest BCUT2D eigenvalue weighted by Gasteiger charge is -2.07. The Kier molecular flexibility index (Phi) is 5.44. The molecule has 0 unspecified atom stereocenters. The topological polar surface area (TPSA) is 57.8 Å². The van der Waals surface area contributed by atoms with Crippen molar-refractivity contribution in [3.63, 3.8) is 0 Å².